The van der Waals surface area contributed by atoms with E-state index in [1.165, 1.54) is 18.1 Å². The number of hydrogen-bond acceptors (Lipinski definition) is 5. The van der Waals surface area contributed by atoms with Crippen LogP contribution in [-0.2, 0) is 0 Å². The van der Waals surface area contributed by atoms with Crippen LogP contribution in [0.15, 0.2) is 40.8 Å². The van der Waals surface area contributed by atoms with Crippen LogP contribution in [-0.4, -0.2) is 25.8 Å². The van der Waals surface area contributed by atoms with Crippen LogP contribution >= 0.6 is 23.4 Å². The number of H-pyrrole nitrogens is 1. The maximum Gasteiger partial charge on any atom is 0.181 e. The summed E-state index contributed by atoms with van der Waals surface area (Å²) in [6.07, 6.45) is 3.03. The van der Waals surface area contributed by atoms with E-state index in [-0.39, 0.29) is 5.84 Å². The lowest BCUT2D eigenvalue weighted by Crippen LogP contribution is -2.10. The maximum atomic E-state index is 7.39. The summed E-state index contributed by atoms with van der Waals surface area (Å²) in [5.74, 6) is -0.0126. The smallest absolute Gasteiger partial charge is 0.181 e. The third-order valence-corrected chi connectivity index (χ3v) is 4.14. The number of halogens is 1. The lowest BCUT2D eigenvalue weighted by molar-refractivity contribution is 1.08. The van der Waals surface area contributed by atoms with E-state index in [2.05, 4.69) is 19.9 Å². The minimum absolute atomic E-state index is 0.0126. The molecule has 8 heteroatoms. The fourth-order valence-electron chi connectivity index (χ4n) is 1.68. The van der Waals surface area contributed by atoms with Crippen molar-refractivity contribution in [1.29, 1.82) is 5.41 Å². The van der Waals surface area contributed by atoms with Crippen molar-refractivity contribution in [1.82, 2.24) is 19.9 Å². The van der Waals surface area contributed by atoms with E-state index in [1.807, 2.05) is 6.07 Å². The molecule has 0 aliphatic carbocycles. The Morgan fingerprint density at radius 3 is 2.90 bits per heavy atom. The molecule has 1 aromatic carbocycles. The van der Waals surface area contributed by atoms with Crippen LogP contribution in [0, 0.1) is 5.41 Å². The molecule has 100 valence electrons. The van der Waals surface area contributed by atoms with Gasteiger partial charge in [-0.2, -0.15) is 0 Å². The highest BCUT2D eigenvalue weighted by Gasteiger charge is 2.10. The summed E-state index contributed by atoms with van der Waals surface area (Å²) in [5.41, 5.74) is 7.40. The topological polar surface area (TPSA) is 104 Å². The van der Waals surface area contributed by atoms with Crippen LogP contribution < -0.4 is 5.73 Å². The first-order chi connectivity index (χ1) is 9.65. The molecule has 3 rings (SSSR count). The van der Waals surface area contributed by atoms with Crippen molar-refractivity contribution in [3.8, 4) is 0 Å². The second-order valence-electron chi connectivity index (χ2n) is 3.94. The number of rotatable bonds is 3. The first kappa shape index (κ1) is 12.9. The minimum atomic E-state index is -0.0126. The van der Waals surface area contributed by atoms with Crippen molar-refractivity contribution < 1.29 is 0 Å². The number of benzene rings is 1. The van der Waals surface area contributed by atoms with Gasteiger partial charge in [0.2, 0.25) is 0 Å². The molecule has 0 spiro atoms. The van der Waals surface area contributed by atoms with Crippen LogP contribution in [0.2, 0.25) is 5.02 Å². The number of imidazole rings is 1. The van der Waals surface area contributed by atoms with Crippen molar-refractivity contribution in [2.45, 2.75) is 9.92 Å². The van der Waals surface area contributed by atoms with Gasteiger partial charge in [0.05, 0.1) is 11.3 Å². The molecule has 6 nitrogen and oxygen atoms in total. The van der Waals surface area contributed by atoms with E-state index in [9.17, 15) is 0 Å². The largest absolute Gasteiger partial charge is 0.384 e. The SMILES string of the molecule is N=C(N)c1ccc(Sc2ncnc3nc[nH]c23)c(Cl)c1. The van der Waals surface area contributed by atoms with Crippen molar-refractivity contribution in [3.63, 3.8) is 0 Å². The van der Waals surface area contributed by atoms with Crippen molar-refractivity contribution in [2.24, 2.45) is 5.73 Å². The number of nitrogen functional groups attached to an aromatic ring is 1. The highest BCUT2D eigenvalue weighted by molar-refractivity contribution is 7.99. The zero-order valence-electron chi connectivity index (χ0n) is 10.1. The number of hydrogen-bond donors (Lipinski definition) is 3. The number of nitrogens with two attached hydrogens (primary N) is 1. The van der Waals surface area contributed by atoms with Crippen molar-refractivity contribution in [3.05, 3.63) is 41.4 Å². The number of fused-ring (bicyclic) bond motifs is 1. The lowest BCUT2D eigenvalue weighted by atomic mass is 10.2. The fraction of sp³-hybridized carbons (Fsp3) is 0. The van der Waals surface area contributed by atoms with Gasteiger partial charge in [0.1, 0.15) is 22.7 Å². The van der Waals surface area contributed by atoms with Gasteiger partial charge in [-0.25, -0.2) is 15.0 Å². The molecule has 0 amide bonds. The predicted octanol–water partition coefficient (Wildman–Crippen LogP) is 2.44. The Balaban J connectivity index is 1.99. The number of amidine groups is 1. The quantitative estimate of drug-likeness (QED) is 0.391. The summed E-state index contributed by atoms with van der Waals surface area (Å²) in [5, 5.41) is 8.65. The lowest BCUT2D eigenvalue weighted by Gasteiger charge is -2.06. The first-order valence-electron chi connectivity index (χ1n) is 5.61. The molecule has 3 aromatic rings. The summed E-state index contributed by atoms with van der Waals surface area (Å²) in [6.45, 7) is 0. The number of aromatic amines is 1. The predicted molar refractivity (Wildman–Crippen MR) is 78.3 cm³/mol. The van der Waals surface area contributed by atoms with E-state index in [4.69, 9.17) is 22.7 Å². The highest BCUT2D eigenvalue weighted by Crippen LogP contribution is 2.34. The zero-order valence-corrected chi connectivity index (χ0v) is 11.7. The van der Waals surface area contributed by atoms with Crippen LogP contribution in [0.4, 0.5) is 0 Å². The number of nitrogens with one attached hydrogen (secondary N) is 2. The van der Waals surface area contributed by atoms with E-state index in [0.29, 0.717) is 16.2 Å². The molecule has 0 saturated carbocycles. The van der Waals surface area contributed by atoms with Crippen molar-refractivity contribution >= 4 is 40.4 Å². The van der Waals surface area contributed by atoms with Gasteiger partial charge in [0, 0.05) is 10.5 Å². The summed E-state index contributed by atoms with van der Waals surface area (Å²) < 4.78 is 0. The van der Waals surface area contributed by atoms with Crippen LogP contribution in [0.3, 0.4) is 0 Å². The molecule has 0 aliphatic rings. The van der Waals surface area contributed by atoms with Gasteiger partial charge in [-0.15, -0.1) is 0 Å². The Morgan fingerprint density at radius 2 is 2.15 bits per heavy atom. The van der Waals surface area contributed by atoms with Gasteiger partial charge in [-0.3, -0.25) is 5.41 Å². The number of nitrogens with zero attached hydrogens (tertiary/aromatic N) is 3. The van der Waals surface area contributed by atoms with Gasteiger partial charge < -0.3 is 10.7 Å². The number of aromatic nitrogens is 4. The van der Waals surface area contributed by atoms with Gasteiger partial charge in [0.25, 0.3) is 0 Å². The van der Waals surface area contributed by atoms with Gasteiger partial charge in [0.15, 0.2) is 5.65 Å². The Labute approximate surface area is 123 Å². The van der Waals surface area contributed by atoms with E-state index < -0.39 is 0 Å². The van der Waals surface area contributed by atoms with Crippen molar-refractivity contribution in [2.75, 3.05) is 0 Å². The zero-order chi connectivity index (χ0) is 14.1. The molecule has 4 N–H and O–H groups in total. The van der Waals surface area contributed by atoms with Crippen LogP contribution in [0.25, 0.3) is 11.2 Å². The average Bonchev–Trinajstić information content (AvgIpc) is 2.90. The van der Waals surface area contributed by atoms with Crippen LogP contribution in [0.5, 0.6) is 0 Å². The molecule has 20 heavy (non-hydrogen) atoms. The molecule has 0 atom stereocenters. The summed E-state index contributed by atoms with van der Waals surface area (Å²) in [4.78, 5) is 16.2. The molecular weight excluding hydrogens is 296 g/mol. The Morgan fingerprint density at radius 1 is 1.30 bits per heavy atom. The summed E-state index contributed by atoms with van der Waals surface area (Å²) in [7, 11) is 0. The molecule has 0 unspecified atom stereocenters. The molecular formula is C12H9ClN6S. The Bertz CT molecular complexity index is 799. The monoisotopic (exact) mass is 304 g/mol. The molecule has 0 fully saturated rings. The standard InChI is InChI=1S/C12H9ClN6S/c13-7-3-6(10(14)15)1-2-8(7)20-12-9-11(17-4-16-9)18-5-19-12/h1-5H,(H3,14,15)(H,16,17,18,19). The third kappa shape index (κ3) is 2.33. The molecule has 0 saturated heterocycles. The fourth-order valence-corrected chi connectivity index (χ4v) is 2.82. The third-order valence-electron chi connectivity index (χ3n) is 2.64. The van der Waals surface area contributed by atoms with Gasteiger partial charge in [-0.05, 0) is 12.1 Å². The Hall–Kier alpha value is -2.12. The van der Waals surface area contributed by atoms with E-state index in [1.54, 1.807) is 18.5 Å². The normalized spacial score (nSPS) is 10.8. The first-order valence-corrected chi connectivity index (χ1v) is 6.80. The van der Waals surface area contributed by atoms with Gasteiger partial charge in [-0.1, -0.05) is 29.4 Å². The second kappa shape index (κ2) is 5.10. The molecule has 2 heterocycles. The second-order valence-corrected chi connectivity index (χ2v) is 5.38. The summed E-state index contributed by atoms with van der Waals surface area (Å²) >= 11 is 7.61. The molecule has 0 aliphatic heterocycles. The van der Waals surface area contributed by atoms with Crippen LogP contribution in [0.1, 0.15) is 5.56 Å². The van der Waals surface area contributed by atoms with Gasteiger partial charge >= 0.3 is 0 Å². The summed E-state index contributed by atoms with van der Waals surface area (Å²) in [6, 6.07) is 5.23. The Kier molecular flexibility index (Phi) is 3.29. The van der Waals surface area contributed by atoms with E-state index in [0.717, 1.165) is 15.4 Å². The highest BCUT2D eigenvalue weighted by atomic mass is 35.5. The molecule has 2 aromatic heterocycles. The minimum Gasteiger partial charge on any atom is -0.384 e. The molecule has 0 radical (unpaired) electrons. The maximum absolute atomic E-state index is 7.39. The molecule has 0 bridgehead atoms. The average molecular weight is 305 g/mol. The van der Waals surface area contributed by atoms with E-state index >= 15 is 0 Å².